The lowest BCUT2D eigenvalue weighted by molar-refractivity contribution is -0.0442. The molecule has 3 aliphatic heterocycles. The van der Waals surface area contributed by atoms with E-state index < -0.39 is 29.9 Å². The van der Waals surface area contributed by atoms with Crippen LogP contribution in [0.25, 0.3) is 0 Å². The van der Waals surface area contributed by atoms with E-state index in [1.54, 1.807) is 39.8 Å². The van der Waals surface area contributed by atoms with Crippen LogP contribution in [0.15, 0.2) is 56.0 Å². The van der Waals surface area contributed by atoms with Crippen molar-refractivity contribution in [1.82, 2.24) is 8.61 Å². The third kappa shape index (κ3) is 5.30. The summed E-state index contributed by atoms with van der Waals surface area (Å²) in [5, 5.41) is 0. The number of aryl methyl sites for hydroxylation is 2. The fourth-order valence-electron chi connectivity index (χ4n) is 5.64. The zero-order chi connectivity index (χ0) is 28.3. The Morgan fingerprint density at radius 3 is 1.31 bits per heavy atom. The fraction of sp³-hybridized carbons (Fsp3) is 0.538. The second kappa shape index (κ2) is 10.2. The average molecular weight is 599 g/mol. The first kappa shape index (κ1) is 28.7. The molecule has 0 N–H and O–H groups in total. The van der Waals surface area contributed by atoms with Crippen LogP contribution in [0.4, 0.5) is 0 Å². The van der Waals surface area contributed by atoms with Gasteiger partial charge in [0.25, 0.3) is 0 Å². The third-order valence-electron chi connectivity index (χ3n) is 7.37. The molecular weight excluding hydrogens is 564 g/mol. The largest absolute Gasteiger partial charge is 0.373 e. The van der Waals surface area contributed by atoms with Crippen molar-refractivity contribution in [2.75, 3.05) is 26.2 Å². The normalized spacial score (nSPS) is 28.3. The highest BCUT2D eigenvalue weighted by atomic mass is 32.2. The summed E-state index contributed by atoms with van der Waals surface area (Å²) in [4.78, 5) is -0.455. The Bertz CT molecular complexity index is 1470. The van der Waals surface area contributed by atoms with Gasteiger partial charge in [-0.2, -0.15) is 8.61 Å². The number of ether oxygens (including phenoxy) is 2. The molecule has 214 valence electrons. The van der Waals surface area contributed by atoms with E-state index >= 15 is 0 Å². The number of hydrogen-bond acceptors (Lipinski definition) is 8. The maximum Gasteiger partial charge on any atom is 0.243 e. The van der Waals surface area contributed by atoms with Gasteiger partial charge < -0.3 is 9.47 Å². The summed E-state index contributed by atoms with van der Waals surface area (Å²) >= 11 is 0. The Labute approximate surface area is 230 Å². The molecular formula is C26H34N2O8S3. The van der Waals surface area contributed by atoms with Crippen molar-refractivity contribution in [2.24, 2.45) is 0 Å². The summed E-state index contributed by atoms with van der Waals surface area (Å²) in [6.45, 7) is 7.83. The van der Waals surface area contributed by atoms with E-state index in [4.69, 9.17) is 9.47 Å². The lowest BCUT2D eigenvalue weighted by Gasteiger charge is -2.34. The zero-order valence-corrected chi connectivity index (χ0v) is 24.9. The topological polar surface area (TPSA) is 127 Å². The first-order valence-electron chi connectivity index (χ1n) is 13.0. The highest BCUT2D eigenvalue weighted by Gasteiger charge is 2.37. The van der Waals surface area contributed by atoms with Gasteiger partial charge in [-0.15, -0.1) is 0 Å². The van der Waals surface area contributed by atoms with Crippen molar-refractivity contribution >= 4 is 29.9 Å². The third-order valence-corrected chi connectivity index (χ3v) is 12.9. The molecule has 2 aromatic rings. The summed E-state index contributed by atoms with van der Waals surface area (Å²) in [6, 6.07) is 8.42. The van der Waals surface area contributed by atoms with Gasteiger partial charge in [-0.3, -0.25) is 0 Å². The molecule has 39 heavy (non-hydrogen) atoms. The Kier molecular flexibility index (Phi) is 7.49. The first-order chi connectivity index (χ1) is 18.2. The predicted molar refractivity (Wildman–Crippen MR) is 143 cm³/mol. The van der Waals surface area contributed by atoms with Crippen molar-refractivity contribution in [2.45, 2.75) is 84.5 Å². The maximum absolute atomic E-state index is 14.0. The molecule has 0 amide bonds. The minimum absolute atomic E-state index is 0.111. The molecule has 0 radical (unpaired) electrons. The molecule has 10 nitrogen and oxygen atoms in total. The minimum atomic E-state index is -4.22. The quantitative estimate of drug-likeness (QED) is 0.524. The number of benzene rings is 2. The number of sulfonamides is 2. The van der Waals surface area contributed by atoms with Crippen LogP contribution in [0.2, 0.25) is 0 Å². The standard InChI is InChI=1S/C26H34N2O8S3/c1-17-13-27(14-18(2)35-17)38(31,32)23-9-7-21-5-6-22-8-10-24(12-26(22)37(29,30)25(21)11-23)39(33,34)28-15-19(3)36-20(4)16-28/h7-12,17-20H,5-6,13-16H2,1-4H3/t17-,18-,19+,20+. The van der Waals surface area contributed by atoms with Gasteiger partial charge >= 0.3 is 0 Å². The van der Waals surface area contributed by atoms with E-state index in [9.17, 15) is 25.3 Å². The summed E-state index contributed by atoms with van der Waals surface area (Å²) in [5.74, 6) is 0. The number of nitrogens with zero attached hydrogens (tertiary/aromatic N) is 2. The molecule has 2 aromatic carbocycles. The zero-order valence-electron chi connectivity index (χ0n) is 22.4. The summed E-state index contributed by atoms with van der Waals surface area (Å²) < 4.78 is 95.9. The molecule has 0 unspecified atom stereocenters. The smallest absolute Gasteiger partial charge is 0.243 e. The Hall–Kier alpha value is -1.87. The summed E-state index contributed by atoms with van der Waals surface area (Å²) in [6.07, 6.45) is -0.429. The lowest BCUT2D eigenvalue weighted by Crippen LogP contribution is -2.48. The maximum atomic E-state index is 14.0. The van der Waals surface area contributed by atoms with Crippen LogP contribution >= 0.6 is 0 Å². The van der Waals surface area contributed by atoms with E-state index in [1.165, 1.54) is 32.9 Å². The van der Waals surface area contributed by atoms with E-state index in [0.717, 1.165) is 0 Å². The van der Waals surface area contributed by atoms with Crippen LogP contribution in [0.5, 0.6) is 0 Å². The van der Waals surface area contributed by atoms with Gasteiger partial charge in [0.05, 0.1) is 44.0 Å². The molecule has 0 bridgehead atoms. The SMILES string of the molecule is C[C@@H]1CN(S(=O)(=O)c2ccc3c(c2)S(=O)(=O)c2cc(S(=O)(=O)N4C[C@H](C)O[C@@H](C)C4)ccc2CC3)C[C@@H](C)O1. The van der Waals surface area contributed by atoms with E-state index in [-0.39, 0.29) is 70.2 Å². The van der Waals surface area contributed by atoms with Gasteiger partial charge in [-0.05, 0) is 75.9 Å². The average Bonchev–Trinajstić information content (AvgIpc) is 2.96. The van der Waals surface area contributed by atoms with E-state index in [1.807, 2.05) is 0 Å². The molecule has 13 heteroatoms. The van der Waals surface area contributed by atoms with Gasteiger partial charge in [-0.25, -0.2) is 25.3 Å². The Balaban J connectivity index is 1.55. The molecule has 0 aliphatic carbocycles. The van der Waals surface area contributed by atoms with Crippen molar-refractivity contribution in [3.05, 3.63) is 47.5 Å². The van der Waals surface area contributed by atoms with Crippen molar-refractivity contribution in [3.8, 4) is 0 Å². The Morgan fingerprint density at radius 2 is 0.974 bits per heavy atom. The summed E-state index contributed by atoms with van der Waals surface area (Å²) in [7, 11) is -12.2. The van der Waals surface area contributed by atoms with Crippen LogP contribution in [-0.4, -0.2) is 84.5 Å². The van der Waals surface area contributed by atoms with Crippen LogP contribution in [-0.2, 0) is 52.2 Å². The number of fused-ring (bicyclic) bond motifs is 2. The van der Waals surface area contributed by atoms with Gasteiger partial charge in [0.15, 0.2) is 0 Å². The van der Waals surface area contributed by atoms with Gasteiger partial charge in [0, 0.05) is 26.2 Å². The van der Waals surface area contributed by atoms with Gasteiger partial charge in [0.2, 0.25) is 29.9 Å². The number of morpholine rings is 2. The van der Waals surface area contributed by atoms with Crippen LogP contribution in [0.3, 0.4) is 0 Å². The first-order valence-corrected chi connectivity index (χ1v) is 17.4. The number of sulfone groups is 1. The fourth-order valence-corrected chi connectivity index (χ4v) is 10.9. The van der Waals surface area contributed by atoms with Crippen LogP contribution < -0.4 is 0 Å². The molecule has 4 atom stereocenters. The van der Waals surface area contributed by atoms with Gasteiger partial charge in [0.1, 0.15) is 0 Å². The molecule has 5 rings (SSSR count). The molecule has 3 aliphatic rings. The van der Waals surface area contributed by atoms with E-state index in [2.05, 4.69) is 0 Å². The monoisotopic (exact) mass is 598 g/mol. The minimum Gasteiger partial charge on any atom is -0.373 e. The predicted octanol–water partition coefficient (Wildman–Crippen LogP) is 2.21. The van der Waals surface area contributed by atoms with Crippen LogP contribution in [0.1, 0.15) is 38.8 Å². The highest BCUT2D eigenvalue weighted by molar-refractivity contribution is 7.92. The number of hydrogen-bond donors (Lipinski definition) is 0. The van der Waals surface area contributed by atoms with Gasteiger partial charge in [-0.1, -0.05) is 12.1 Å². The molecule has 2 fully saturated rings. The molecule has 0 aromatic heterocycles. The molecule has 3 heterocycles. The molecule has 0 spiro atoms. The second-order valence-corrected chi connectivity index (χ2v) is 16.5. The van der Waals surface area contributed by atoms with Crippen molar-refractivity contribution < 1.29 is 34.7 Å². The van der Waals surface area contributed by atoms with Crippen molar-refractivity contribution in [3.63, 3.8) is 0 Å². The summed E-state index contributed by atoms with van der Waals surface area (Å²) in [5.41, 5.74) is 0.989. The molecule has 0 saturated carbocycles. The van der Waals surface area contributed by atoms with Crippen molar-refractivity contribution in [1.29, 1.82) is 0 Å². The molecule has 2 saturated heterocycles. The van der Waals surface area contributed by atoms with Crippen LogP contribution in [0, 0.1) is 0 Å². The van der Waals surface area contributed by atoms with E-state index in [0.29, 0.717) is 24.0 Å². The second-order valence-electron chi connectivity index (χ2n) is 10.7. The lowest BCUT2D eigenvalue weighted by atomic mass is 10.0. The Morgan fingerprint density at radius 1 is 0.641 bits per heavy atom. The highest BCUT2D eigenvalue weighted by Crippen LogP contribution is 2.36. The number of rotatable bonds is 4.